The van der Waals surface area contributed by atoms with Crippen molar-refractivity contribution in [2.24, 2.45) is 5.73 Å². The van der Waals surface area contributed by atoms with Gasteiger partial charge in [0.15, 0.2) is 11.5 Å². The summed E-state index contributed by atoms with van der Waals surface area (Å²) in [5.74, 6) is 0.741. The minimum atomic E-state index is 0.234. The molecule has 1 rings (SSSR count). The number of hydrogen-bond acceptors (Lipinski definition) is 3. The van der Waals surface area contributed by atoms with Gasteiger partial charge in [0, 0.05) is 4.47 Å². The van der Waals surface area contributed by atoms with Crippen LogP contribution in [0.25, 0.3) is 0 Å². The van der Waals surface area contributed by atoms with Crippen LogP contribution >= 0.6 is 15.9 Å². The number of phenolic OH excluding ortho intramolecular Hbond substituents is 1. The second-order valence-electron chi connectivity index (χ2n) is 3.36. The maximum absolute atomic E-state index is 9.84. The third-order valence-corrected chi connectivity index (χ3v) is 2.70. The molecule has 0 fully saturated rings. The number of halogens is 1. The first kappa shape index (κ1) is 12.3. The van der Waals surface area contributed by atoms with Crippen LogP contribution in [0.1, 0.15) is 18.4 Å². The molecule has 0 heterocycles. The molecular weight excluding hydrogens is 258 g/mol. The summed E-state index contributed by atoms with van der Waals surface area (Å²) in [7, 11) is 1.55. The second kappa shape index (κ2) is 5.98. The Balaban J connectivity index is 2.81. The number of aryl methyl sites for hydroxylation is 1. The molecule has 0 saturated carbocycles. The van der Waals surface area contributed by atoms with Gasteiger partial charge in [0.1, 0.15) is 0 Å². The van der Waals surface area contributed by atoms with Crippen LogP contribution in [0.3, 0.4) is 0 Å². The van der Waals surface area contributed by atoms with Gasteiger partial charge in [-0.25, -0.2) is 0 Å². The van der Waals surface area contributed by atoms with E-state index in [1.807, 2.05) is 6.07 Å². The van der Waals surface area contributed by atoms with Gasteiger partial charge in [-0.2, -0.15) is 0 Å². The molecule has 0 aliphatic heterocycles. The zero-order valence-corrected chi connectivity index (χ0v) is 10.4. The molecule has 84 valence electrons. The molecule has 3 nitrogen and oxygen atoms in total. The van der Waals surface area contributed by atoms with Gasteiger partial charge < -0.3 is 15.6 Å². The highest BCUT2D eigenvalue weighted by molar-refractivity contribution is 9.10. The van der Waals surface area contributed by atoms with Crippen LogP contribution in [-0.2, 0) is 6.42 Å². The number of nitrogens with two attached hydrogens (primary N) is 1. The molecule has 0 aromatic heterocycles. The standard InChI is InChI=1S/C11H16BrNO2/c1-15-10-7-9(12)6-8(11(10)14)4-2-3-5-13/h6-7,14H,2-5,13H2,1H3. The lowest BCUT2D eigenvalue weighted by atomic mass is 10.1. The van der Waals surface area contributed by atoms with Crippen molar-refractivity contribution in [1.29, 1.82) is 0 Å². The lowest BCUT2D eigenvalue weighted by Crippen LogP contribution is -1.99. The van der Waals surface area contributed by atoms with Crippen LogP contribution in [0.2, 0.25) is 0 Å². The number of phenols is 1. The number of hydrogen-bond donors (Lipinski definition) is 2. The average molecular weight is 274 g/mol. The minimum absolute atomic E-state index is 0.234. The maximum atomic E-state index is 9.84. The molecule has 4 heteroatoms. The predicted octanol–water partition coefficient (Wildman–Crippen LogP) is 2.44. The summed E-state index contributed by atoms with van der Waals surface area (Å²) in [4.78, 5) is 0. The highest BCUT2D eigenvalue weighted by atomic mass is 79.9. The molecule has 0 aliphatic rings. The molecule has 0 aliphatic carbocycles. The fraction of sp³-hybridized carbons (Fsp3) is 0.455. The summed E-state index contributed by atoms with van der Waals surface area (Å²) in [6, 6.07) is 3.66. The van der Waals surface area contributed by atoms with Crippen LogP contribution in [-0.4, -0.2) is 18.8 Å². The van der Waals surface area contributed by atoms with Gasteiger partial charge in [-0.05, 0) is 43.5 Å². The zero-order chi connectivity index (χ0) is 11.3. The van der Waals surface area contributed by atoms with Crippen LogP contribution in [0, 0.1) is 0 Å². The molecule has 0 saturated heterocycles. The number of benzene rings is 1. The van der Waals surface area contributed by atoms with E-state index in [1.165, 1.54) is 0 Å². The molecule has 15 heavy (non-hydrogen) atoms. The highest BCUT2D eigenvalue weighted by Crippen LogP contribution is 2.34. The third kappa shape index (κ3) is 3.39. The van der Waals surface area contributed by atoms with Gasteiger partial charge in [0.2, 0.25) is 0 Å². The Kier molecular flexibility index (Phi) is 4.91. The molecule has 1 aromatic carbocycles. The summed E-state index contributed by atoms with van der Waals surface area (Å²) in [6.45, 7) is 0.686. The SMILES string of the molecule is COc1cc(Br)cc(CCCCN)c1O. The van der Waals surface area contributed by atoms with Crippen LogP contribution < -0.4 is 10.5 Å². The molecule has 0 radical (unpaired) electrons. The first-order chi connectivity index (χ1) is 7.19. The highest BCUT2D eigenvalue weighted by Gasteiger charge is 2.09. The third-order valence-electron chi connectivity index (χ3n) is 2.24. The Bertz CT molecular complexity index is 329. The smallest absolute Gasteiger partial charge is 0.161 e. The minimum Gasteiger partial charge on any atom is -0.504 e. The Morgan fingerprint density at radius 2 is 2.13 bits per heavy atom. The second-order valence-corrected chi connectivity index (χ2v) is 4.28. The van der Waals surface area contributed by atoms with Gasteiger partial charge in [0.05, 0.1) is 7.11 Å². The summed E-state index contributed by atoms with van der Waals surface area (Å²) < 4.78 is 5.98. The number of ether oxygens (including phenoxy) is 1. The lowest BCUT2D eigenvalue weighted by molar-refractivity contribution is 0.370. The van der Waals surface area contributed by atoms with E-state index in [9.17, 15) is 5.11 Å². The van der Waals surface area contributed by atoms with Crippen molar-refractivity contribution in [3.8, 4) is 11.5 Å². The van der Waals surface area contributed by atoms with Crippen molar-refractivity contribution >= 4 is 15.9 Å². The molecule has 0 unspecified atom stereocenters. The first-order valence-corrected chi connectivity index (χ1v) is 5.73. The normalized spacial score (nSPS) is 10.3. The Morgan fingerprint density at radius 3 is 2.73 bits per heavy atom. The Labute approximate surface area is 98.4 Å². The van der Waals surface area contributed by atoms with Gasteiger partial charge >= 0.3 is 0 Å². The van der Waals surface area contributed by atoms with Gasteiger partial charge in [-0.15, -0.1) is 0 Å². The lowest BCUT2D eigenvalue weighted by Gasteiger charge is -2.09. The molecule has 1 aromatic rings. The largest absolute Gasteiger partial charge is 0.504 e. The molecule has 0 amide bonds. The van der Waals surface area contributed by atoms with Crippen LogP contribution in [0.5, 0.6) is 11.5 Å². The molecule has 0 atom stereocenters. The fourth-order valence-electron chi connectivity index (χ4n) is 1.43. The Hall–Kier alpha value is -0.740. The number of unbranched alkanes of at least 4 members (excludes halogenated alkanes) is 1. The van der Waals surface area contributed by atoms with E-state index in [1.54, 1.807) is 13.2 Å². The van der Waals surface area contributed by atoms with E-state index >= 15 is 0 Å². The van der Waals surface area contributed by atoms with Crippen molar-refractivity contribution in [2.45, 2.75) is 19.3 Å². The molecule has 0 bridgehead atoms. The van der Waals surface area contributed by atoms with Crippen molar-refractivity contribution in [3.63, 3.8) is 0 Å². The number of methoxy groups -OCH3 is 1. The van der Waals surface area contributed by atoms with Gasteiger partial charge in [-0.1, -0.05) is 15.9 Å². The van der Waals surface area contributed by atoms with E-state index < -0.39 is 0 Å². The van der Waals surface area contributed by atoms with E-state index in [-0.39, 0.29) is 5.75 Å². The van der Waals surface area contributed by atoms with E-state index in [4.69, 9.17) is 10.5 Å². The average Bonchev–Trinajstić information content (AvgIpc) is 2.23. The van der Waals surface area contributed by atoms with Crippen LogP contribution in [0.4, 0.5) is 0 Å². The molecule has 0 spiro atoms. The number of rotatable bonds is 5. The van der Waals surface area contributed by atoms with Crippen molar-refractivity contribution < 1.29 is 9.84 Å². The molecular formula is C11H16BrNO2. The molecule has 3 N–H and O–H groups in total. The van der Waals surface area contributed by atoms with E-state index in [0.29, 0.717) is 12.3 Å². The van der Waals surface area contributed by atoms with E-state index in [2.05, 4.69) is 15.9 Å². The summed E-state index contributed by atoms with van der Waals surface area (Å²) in [6.07, 6.45) is 2.76. The predicted molar refractivity (Wildman–Crippen MR) is 64.4 cm³/mol. The summed E-state index contributed by atoms with van der Waals surface area (Å²) >= 11 is 3.38. The summed E-state index contributed by atoms with van der Waals surface area (Å²) in [5.41, 5.74) is 6.32. The maximum Gasteiger partial charge on any atom is 0.161 e. The monoisotopic (exact) mass is 273 g/mol. The summed E-state index contributed by atoms with van der Waals surface area (Å²) in [5, 5.41) is 9.84. The topological polar surface area (TPSA) is 55.5 Å². The fourth-order valence-corrected chi connectivity index (χ4v) is 1.92. The zero-order valence-electron chi connectivity index (χ0n) is 8.79. The van der Waals surface area contributed by atoms with Crippen LogP contribution in [0.15, 0.2) is 16.6 Å². The quantitative estimate of drug-likeness (QED) is 0.811. The van der Waals surface area contributed by atoms with E-state index in [0.717, 1.165) is 29.3 Å². The first-order valence-electron chi connectivity index (χ1n) is 4.94. The van der Waals surface area contributed by atoms with Crippen molar-refractivity contribution in [3.05, 3.63) is 22.2 Å². The van der Waals surface area contributed by atoms with Gasteiger partial charge in [0.25, 0.3) is 0 Å². The van der Waals surface area contributed by atoms with Gasteiger partial charge in [-0.3, -0.25) is 0 Å². The van der Waals surface area contributed by atoms with Crippen molar-refractivity contribution in [2.75, 3.05) is 13.7 Å². The Morgan fingerprint density at radius 1 is 1.40 bits per heavy atom. The number of aromatic hydroxyl groups is 1. The van der Waals surface area contributed by atoms with Crippen molar-refractivity contribution in [1.82, 2.24) is 0 Å².